The summed E-state index contributed by atoms with van der Waals surface area (Å²) in [4.78, 5) is 13.9. The minimum atomic E-state index is 0.205. The Kier molecular flexibility index (Phi) is 2.37. The molecule has 18 heavy (non-hydrogen) atoms. The molecule has 3 rings (SSSR count). The van der Waals surface area contributed by atoms with Crippen molar-refractivity contribution in [2.24, 2.45) is 0 Å². The first kappa shape index (κ1) is 10.6. The number of carbonyl (C=O) groups is 1. The highest BCUT2D eigenvalue weighted by atomic mass is 16.5. The van der Waals surface area contributed by atoms with Gasteiger partial charge in [0.15, 0.2) is 12.0 Å². The smallest absolute Gasteiger partial charge is 0.155 e. The van der Waals surface area contributed by atoms with Gasteiger partial charge in [-0.1, -0.05) is 11.2 Å². The number of hydrogen-bond acceptors (Lipinski definition) is 4. The van der Waals surface area contributed by atoms with E-state index >= 15 is 0 Å². The summed E-state index contributed by atoms with van der Waals surface area (Å²) in [5, 5.41) is 14.2. The molecule has 3 aromatic rings. The van der Waals surface area contributed by atoms with E-state index in [-0.39, 0.29) is 5.75 Å². The first-order chi connectivity index (χ1) is 8.79. The molecular weight excluding hydrogens is 232 g/mol. The number of phenolic OH excluding ortho intramolecular Hbond substituents is 1. The molecule has 5 heteroatoms. The van der Waals surface area contributed by atoms with Gasteiger partial charge in [0, 0.05) is 23.5 Å². The van der Waals surface area contributed by atoms with Gasteiger partial charge in [0.05, 0.1) is 11.8 Å². The Hall–Kier alpha value is -2.56. The second-order valence-corrected chi connectivity index (χ2v) is 4.01. The quantitative estimate of drug-likeness (QED) is 0.690. The first-order valence-corrected chi connectivity index (χ1v) is 5.46. The van der Waals surface area contributed by atoms with Gasteiger partial charge in [0.2, 0.25) is 0 Å². The van der Waals surface area contributed by atoms with Crippen molar-refractivity contribution in [2.45, 2.75) is 6.42 Å². The molecule has 0 saturated heterocycles. The third-order valence-electron chi connectivity index (χ3n) is 2.92. The average molecular weight is 242 g/mol. The molecule has 90 valence electrons. The van der Waals surface area contributed by atoms with E-state index in [1.807, 2.05) is 6.07 Å². The lowest BCUT2D eigenvalue weighted by Gasteiger charge is -1.99. The van der Waals surface area contributed by atoms with Crippen molar-refractivity contribution >= 4 is 17.2 Å². The highest BCUT2D eigenvalue weighted by molar-refractivity contribution is 5.89. The number of nitrogens with one attached hydrogen (secondary N) is 1. The number of benzene rings is 1. The summed E-state index contributed by atoms with van der Waals surface area (Å²) < 4.78 is 5.04. The maximum Gasteiger partial charge on any atom is 0.155 e. The van der Waals surface area contributed by atoms with Crippen molar-refractivity contribution in [3.05, 3.63) is 47.5 Å². The van der Waals surface area contributed by atoms with Crippen molar-refractivity contribution < 1.29 is 14.4 Å². The van der Waals surface area contributed by atoms with E-state index in [1.165, 1.54) is 6.20 Å². The van der Waals surface area contributed by atoms with Crippen LogP contribution in [0, 0.1) is 0 Å². The maximum atomic E-state index is 10.8. The number of aromatic amines is 1. The zero-order valence-electron chi connectivity index (χ0n) is 9.38. The molecule has 0 spiro atoms. The fraction of sp³-hybridized carbons (Fsp3) is 0.0769. The van der Waals surface area contributed by atoms with Gasteiger partial charge in [-0.2, -0.15) is 0 Å². The van der Waals surface area contributed by atoms with Gasteiger partial charge in [-0.25, -0.2) is 0 Å². The average Bonchev–Trinajstić information content (AvgIpc) is 2.97. The Morgan fingerprint density at radius 1 is 1.44 bits per heavy atom. The Balaban J connectivity index is 2.08. The number of phenols is 1. The normalized spacial score (nSPS) is 10.9. The number of aldehydes is 1. The van der Waals surface area contributed by atoms with Crippen LogP contribution in [0.1, 0.15) is 21.7 Å². The zero-order chi connectivity index (χ0) is 12.5. The molecule has 2 N–H and O–H groups in total. The number of H-pyrrole nitrogens is 1. The predicted octanol–water partition coefficient (Wildman–Crippen LogP) is 2.26. The summed E-state index contributed by atoms with van der Waals surface area (Å²) in [6.45, 7) is 0. The second-order valence-electron chi connectivity index (χ2n) is 4.01. The largest absolute Gasteiger partial charge is 0.507 e. The van der Waals surface area contributed by atoms with Crippen molar-refractivity contribution in [1.29, 1.82) is 0 Å². The van der Waals surface area contributed by atoms with Crippen LogP contribution in [0.15, 0.2) is 35.1 Å². The Bertz CT molecular complexity index is 712. The Morgan fingerprint density at radius 2 is 2.33 bits per heavy atom. The van der Waals surface area contributed by atoms with Crippen LogP contribution >= 0.6 is 0 Å². The monoisotopic (exact) mass is 242 g/mol. The van der Waals surface area contributed by atoms with Crippen LogP contribution in [0.3, 0.4) is 0 Å². The number of aromatic nitrogens is 2. The molecule has 0 unspecified atom stereocenters. The van der Waals surface area contributed by atoms with Crippen LogP contribution in [0.25, 0.3) is 10.9 Å². The van der Waals surface area contributed by atoms with Crippen LogP contribution in [0.2, 0.25) is 0 Å². The molecule has 0 saturated carbocycles. The number of rotatable bonds is 3. The van der Waals surface area contributed by atoms with E-state index in [9.17, 15) is 9.90 Å². The third-order valence-corrected chi connectivity index (χ3v) is 2.92. The zero-order valence-corrected chi connectivity index (χ0v) is 9.38. The van der Waals surface area contributed by atoms with Gasteiger partial charge in [0.25, 0.3) is 0 Å². The molecule has 0 aliphatic rings. The third kappa shape index (κ3) is 1.57. The standard InChI is InChI=1S/C13H10N2O3/c16-7-9-6-15-18-12(9)4-8-5-14-10-2-1-3-11(17)13(8)10/h1-3,5-7,14,17H,4H2. The lowest BCUT2D eigenvalue weighted by atomic mass is 10.1. The summed E-state index contributed by atoms with van der Waals surface area (Å²) >= 11 is 0. The Morgan fingerprint density at radius 3 is 3.17 bits per heavy atom. The van der Waals surface area contributed by atoms with Crippen LogP contribution in [-0.4, -0.2) is 21.5 Å². The molecule has 0 atom stereocenters. The van der Waals surface area contributed by atoms with E-state index in [1.54, 1.807) is 18.3 Å². The van der Waals surface area contributed by atoms with Crippen molar-refractivity contribution in [2.75, 3.05) is 0 Å². The van der Waals surface area contributed by atoms with Crippen LogP contribution < -0.4 is 0 Å². The molecule has 2 aromatic heterocycles. The number of fused-ring (bicyclic) bond motifs is 1. The van der Waals surface area contributed by atoms with Gasteiger partial charge in [0.1, 0.15) is 5.75 Å². The number of hydrogen-bond donors (Lipinski definition) is 2. The van der Waals surface area contributed by atoms with E-state index in [2.05, 4.69) is 10.1 Å². The van der Waals surface area contributed by atoms with E-state index in [0.29, 0.717) is 24.0 Å². The molecule has 1 aromatic carbocycles. The molecule has 0 aliphatic carbocycles. The lowest BCUT2D eigenvalue weighted by molar-refractivity contribution is 0.112. The summed E-state index contributed by atoms with van der Waals surface area (Å²) in [5.41, 5.74) is 2.14. The van der Waals surface area contributed by atoms with Gasteiger partial charge in [-0.3, -0.25) is 4.79 Å². The molecule has 2 heterocycles. The predicted molar refractivity (Wildman–Crippen MR) is 64.7 cm³/mol. The second kappa shape index (κ2) is 4.03. The van der Waals surface area contributed by atoms with E-state index < -0.39 is 0 Å². The van der Waals surface area contributed by atoms with Gasteiger partial charge in [-0.15, -0.1) is 0 Å². The first-order valence-electron chi connectivity index (χ1n) is 5.46. The van der Waals surface area contributed by atoms with Crippen LogP contribution in [-0.2, 0) is 6.42 Å². The fourth-order valence-corrected chi connectivity index (χ4v) is 2.05. The van der Waals surface area contributed by atoms with Gasteiger partial charge >= 0.3 is 0 Å². The van der Waals surface area contributed by atoms with Gasteiger partial charge < -0.3 is 14.6 Å². The van der Waals surface area contributed by atoms with Crippen LogP contribution in [0.4, 0.5) is 0 Å². The van der Waals surface area contributed by atoms with E-state index in [4.69, 9.17) is 4.52 Å². The fourth-order valence-electron chi connectivity index (χ4n) is 2.05. The molecule has 0 amide bonds. The molecule has 0 radical (unpaired) electrons. The summed E-state index contributed by atoms with van der Waals surface area (Å²) in [5.74, 6) is 0.699. The highest BCUT2D eigenvalue weighted by Gasteiger charge is 2.13. The summed E-state index contributed by atoms with van der Waals surface area (Å²) in [7, 11) is 0. The van der Waals surface area contributed by atoms with Crippen molar-refractivity contribution in [3.63, 3.8) is 0 Å². The Labute approximate surface area is 102 Å². The SMILES string of the molecule is O=Cc1cnoc1Cc1c[nH]c2cccc(O)c12. The molecule has 0 fully saturated rings. The maximum absolute atomic E-state index is 10.8. The molecule has 5 nitrogen and oxygen atoms in total. The van der Waals surface area contributed by atoms with Gasteiger partial charge in [-0.05, 0) is 17.7 Å². The number of nitrogens with zero attached hydrogens (tertiary/aromatic N) is 1. The summed E-state index contributed by atoms with van der Waals surface area (Å²) in [6, 6.07) is 5.27. The summed E-state index contributed by atoms with van der Waals surface area (Å²) in [6.07, 6.45) is 4.30. The molecule has 0 aliphatic heterocycles. The minimum Gasteiger partial charge on any atom is -0.507 e. The lowest BCUT2D eigenvalue weighted by Crippen LogP contribution is -1.89. The minimum absolute atomic E-state index is 0.205. The van der Waals surface area contributed by atoms with Crippen molar-refractivity contribution in [3.8, 4) is 5.75 Å². The van der Waals surface area contributed by atoms with E-state index in [0.717, 1.165) is 16.5 Å². The van der Waals surface area contributed by atoms with Crippen molar-refractivity contribution in [1.82, 2.24) is 10.1 Å². The molecular formula is C13H10N2O3. The molecule has 0 bridgehead atoms. The number of carbonyl (C=O) groups excluding carboxylic acids is 1. The van der Waals surface area contributed by atoms with Crippen LogP contribution in [0.5, 0.6) is 5.75 Å². The topological polar surface area (TPSA) is 79.1 Å². The number of aromatic hydroxyl groups is 1. The highest BCUT2D eigenvalue weighted by Crippen LogP contribution is 2.29.